The molecule has 3 nitrogen and oxygen atoms in total. The molecule has 1 amide bonds. The summed E-state index contributed by atoms with van der Waals surface area (Å²) in [4.78, 5) is 14.2. The van der Waals surface area contributed by atoms with Crippen molar-refractivity contribution in [3.8, 4) is 0 Å². The third kappa shape index (κ3) is 3.58. The van der Waals surface area contributed by atoms with Gasteiger partial charge in [-0.05, 0) is 54.3 Å². The van der Waals surface area contributed by atoms with E-state index in [-0.39, 0.29) is 17.6 Å². The maximum atomic E-state index is 14.5. The molecule has 2 fully saturated rings. The van der Waals surface area contributed by atoms with Gasteiger partial charge in [0.15, 0.2) is 0 Å². The number of piperidine rings is 1. The van der Waals surface area contributed by atoms with Crippen LogP contribution in [0.1, 0.15) is 36.3 Å². The Morgan fingerprint density at radius 1 is 1.07 bits per heavy atom. The van der Waals surface area contributed by atoms with Crippen LogP contribution in [-0.2, 0) is 11.3 Å². The lowest BCUT2D eigenvalue weighted by atomic mass is 9.76. The van der Waals surface area contributed by atoms with E-state index in [0.29, 0.717) is 31.6 Å². The van der Waals surface area contributed by atoms with Gasteiger partial charge < -0.3 is 5.32 Å². The van der Waals surface area contributed by atoms with E-state index >= 15 is 0 Å². The van der Waals surface area contributed by atoms with Crippen LogP contribution >= 0.6 is 0 Å². The number of carbonyl (C=O) groups is 1. The van der Waals surface area contributed by atoms with Crippen molar-refractivity contribution in [1.82, 2.24) is 10.2 Å². The van der Waals surface area contributed by atoms with Crippen molar-refractivity contribution in [2.45, 2.75) is 37.3 Å². The van der Waals surface area contributed by atoms with Crippen molar-refractivity contribution in [3.63, 3.8) is 0 Å². The minimum Gasteiger partial charge on any atom is -0.349 e. The molecule has 2 aromatic carbocycles. The smallest absolute Gasteiger partial charge is 0.220 e. The van der Waals surface area contributed by atoms with Crippen LogP contribution in [0.15, 0.2) is 42.5 Å². The molecule has 4 rings (SSSR count). The van der Waals surface area contributed by atoms with E-state index < -0.39 is 17.2 Å². The van der Waals surface area contributed by atoms with Crippen LogP contribution in [-0.4, -0.2) is 29.4 Å². The fourth-order valence-corrected chi connectivity index (χ4v) is 4.50. The summed E-state index contributed by atoms with van der Waals surface area (Å²) in [5.41, 5.74) is 0.636. The Morgan fingerprint density at radius 3 is 2.56 bits per heavy atom. The Balaban J connectivity index is 1.65. The standard InChI is InChI=1S/C21H21F3N2O/c22-15-5-3-14(4-6-15)11-26-12-18(17-10-16(23)7-8-19(17)24)21(13-26)9-1-2-20(27)25-21/h3-8,10,18H,1-2,9,11-13H2,(H,25,27)/t18-,21+/m0/s1. The first kappa shape index (κ1) is 18.0. The third-order valence-corrected chi connectivity index (χ3v) is 5.68. The van der Waals surface area contributed by atoms with Crippen LogP contribution in [0.5, 0.6) is 0 Å². The molecule has 2 atom stereocenters. The highest BCUT2D eigenvalue weighted by Crippen LogP contribution is 2.42. The Labute approximate surface area is 156 Å². The number of hydrogen-bond donors (Lipinski definition) is 1. The van der Waals surface area contributed by atoms with E-state index in [9.17, 15) is 18.0 Å². The first-order valence-electron chi connectivity index (χ1n) is 9.18. The van der Waals surface area contributed by atoms with Gasteiger partial charge >= 0.3 is 0 Å². The van der Waals surface area contributed by atoms with Gasteiger partial charge in [-0.15, -0.1) is 0 Å². The van der Waals surface area contributed by atoms with E-state index in [1.54, 1.807) is 12.1 Å². The zero-order chi connectivity index (χ0) is 19.0. The summed E-state index contributed by atoms with van der Waals surface area (Å²) in [6, 6.07) is 9.75. The maximum absolute atomic E-state index is 14.5. The average Bonchev–Trinajstić information content (AvgIpc) is 2.96. The lowest BCUT2D eigenvalue weighted by molar-refractivity contribution is -0.125. The molecule has 2 aromatic rings. The molecule has 2 heterocycles. The molecule has 0 unspecified atom stereocenters. The van der Waals surface area contributed by atoms with Crippen molar-refractivity contribution in [2.75, 3.05) is 13.1 Å². The molecule has 0 aromatic heterocycles. The van der Waals surface area contributed by atoms with E-state index in [2.05, 4.69) is 10.2 Å². The van der Waals surface area contributed by atoms with Gasteiger partial charge in [-0.25, -0.2) is 13.2 Å². The summed E-state index contributed by atoms with van der Waals surface area (Å²) in [7, 11) is 0. The van der Waals surface area contributed by atoms with Gasteiger partial charge in [0.25, 0.3) is 0 Å². The summed E-state index contributed by atoms with van der Waals surface area (Å²) in [5, 5.41) is 3.08. The van der Waals surface area contributed by atoms with Gasteiger partial charge in [0, 0.05) is 32.0 Å². The van der Waals surface area contributed by atoms with Gasteiger partial charge in [-0.3, -0.25) is 9.69 Å². The average molecular weight is 374 g/mol. The molecule has 0 bridgehead atoms. The molecule has 2 saturated heterocycles. The Bertz CT molecular complexity index is 855. The molecule has 27 heavy (non-hydrogen) atoms. The Morgan fingerprint density at radius 2 is 1.81 bits per heavy atom. The van der Waals surface area contributed by atoms with Crippen LogP contribution in [0.2, 0.25) is 0 Å². The summed E-state index contributed by atoms with van der Waals surface area (Å²) in [6.07, 6.45) is 1.90. The summed E-state index contributed by atoms with van der Waals surface area (Å²) in [6.45, 7) is 1.61. The number of rotatable bonds is 3. The normalized spacial score (nSPS) is 25.7. The number of nitrogens with one attached hydrogen (secondary N) is 1. The molecule has 1 spiro atoms. The first-order valence-corrected chi connectivity index (χ1v) is 9.18. The number of halogens is 3. The number of likely N-dealkylation sites (tertiary alicyclic amines) is 1. The maximum Gasteiger partial charge on any atom is 0.220 e. The lowest BCUT2D eigenvalue weighted by Gasteiger charge is -2.39. The number of benzene rings is 2. The Hall–Kier alpha value is -2.34. The molecule has 2 aliphatic heterocycles. The van der Waals surface area contributed by atoms with Gasteiger partial charge in [-0.2, -0.15) is 0 Å². The van der Waals surface area contributed by atoms with Gasteiger partial charge in [0.2, 0.25) is 5.91 Å². The quantitative estimate of drug-likeness (QED) is 0.888. The summed E-state index contributed by atoms with van der Waals surface area (Å²) >= 11 is 0. The molecular formula is C21H21F3N2O. The van der Waals surface area contributed by atoms with Crippen molar-refractivity contribution >= 4 is 5.91 Å². The summed E-state index contributed by atoms with van der Waals surface area (Å²) < 4.78 is 41.5. The highest BCUT2D eigenvalue weighted by atomic mass is 19.1. The van der Waals surface area contributed by atoms with Crippen molar-refractivity contribution in [1.29, 1.82) is 0 Å². The van der Waals surface area contributed by atoms with Crippen LogP contribution < -0.4 is 5.32 Å². The van der Waals surface area contributed by atoms with E-state index in [1.807, 2.05) is 0 Å². The predicted molar refractivity (Wildman–Crippen MR) is 95.5 cm³/mol. The monoisotopic (exact) mass is 374 g/mol. The van der Waals surface area contributed by atoms with E-state index in [4.69, 9.17) is 0 Å². The largest absolute Gasteiger partial charge is 0.349 e. The van der Waals surface area contributed by atoms with Crippen LogP contribution in [0, 0.1) is 17.5 Å². The van der Waals surface area contributed by atoms with Crippen molar-refractivity contribution in [2.24, 2.45) is 0 Å². The second kappa shape index (κ2) is 7.00. The third-order valence-electron chi connectivity index (χ3n) is 5.68. The van der Waals surface area contributed by atoms with Gasteiger partial charge in [0.05, 0.1) is 5.54 Å². The zero-order valence-corrected chi connectivity index (χ0v) is 14.9. The number of nitrogens with zero attached hydrogens (tertiary/aromatic N) is 1. The second-order valence-electron chi connectivity index (χ2n) is 7.57. The highest BCUT2D eigenvalue weighted by Gasteiger charge is 2.50. The summed E-state index contributed by atoms with van der Waals surface area (Å²) in [5.74, 6) is -1.62. The van der Waals surface area contributed by atoms with Crippen LogP contribution in [0.25, 0.3) is 0 Å². The van der Waals surface area contributed by atoms with E-state index in [0.717, 1.165) is 30.5 Å². The molecule has 0 radical (unpaired) electrons. The SMILES string of the molecule is O=C1CCC[C@]2(CN(Cc3ccc(F)cc3)C[C@H]2c2cc(F)ccc2F)N1. The first-order chi connectivity index (χ1) is 12.9. The predicted octanol–water partition coefficient (Wildman–Crippen LogP) is 3.74. The molecule has 6 heteroatoms. The Kier molecular flexibility index (Phi) is 4.68. The topological polar surface area (TPSA) is 32.3 Å². The van der Waals surface area contributed by atoms with Crippen molar-refractivity contribution in [3.05, 3.63) is 71.0 Å². The van der Waals surface area contributed by atoms with Crippen LogP contribution in [0.4, 0.5) is 13.2 Å². The number of hydrogen-bond acceptors (Lipinski definition) is 2. The fraction of sp³-hybridized carbons (Fsp3) is 0.381. The molecule has 0 aliphatic carbocycles. The van der Waals surface area contributed by atoms with Gasteiger partial charge in [-0.1, -0.05) is 12.1 Å². The zero-order valence-electron chi connectivity index (χ0n) is 14.9. The fourth-order valence-electron chi connectivity index (χ4n) is 4.50. The minimum absolute atomic E-state index is 0.0494. The van der Waals surface area contributed by atoms with Crippen molar-refractivity contribution < 1.29 is 18.0 Å². The molecule has 1 N–H and O–H groups in total. The van der Waals surface area contributed by atoms with Gasteiger partial charge in [0.1, 0.15) is 17.5 Å². The molecule has 2 aliphatic rings. The minimum atomic E-state index is -0.607. The van der Waals surface area contributed by atoms with Crippen LogP contribution in [0.3, 0.4) is 0 Å². The number of carbonyl (C=O) groups excluding carboxylic acids is 1. The number of amides is 1. The van der Waals surface area contributed by atoms with E-state index in [1.165, 1.54) is 18.2 Å². The highest BCUT2D eigenvalue weighted by molar-refractivity contribution is 5.78. The second-order valence-corrected chi connectivity index (χ2v) is 7.57. The molecule has 142 valence electrons. The molecular weight excluding hydrogens is 353 g/mol. The molecule has 0 saturated carbocycles. The lowest BCUT2D eigenvalue weighted by Crippen LogP contribution is -2.56.